The van der Waals surface area contributed by atoms with Crippen LogP contribution in [0.25, 0.3) is 16.8 Å². The number of aromatic nitrogens is 3. The molecule has 2 amide bonds. The zero-order chi connectivity index (χ0) is 20.1. The highest BCUT2D eigenvalue weighted by Crippen LogP contribution is 2.20. The third kappa shape index (κ3) is 5.29. The zero-order valence-electron chi connectivity index (χ0n) is 16.1. The predicted octanol–water partition coefficient (Wildman–Crippen LogP) is 3.25. The van der Waals surface area contributed by atoms with E-state index in [4.69, 9.17) is 4.74 Å². The van der Waals surface area contributed by atoms with Crippen molar-refractivity contribution in [1.29, 1.82) is 0 Å². The lowest BCUT2D eigenvalue weighted by atomic mass is 10.1. The number of hydrogen-bond donors (Lipinski definition) is 2. The molecule has 28 heavy (non-hydrogen) atoms. The Labute approximate surface area is 163 Å². The third-order valence-corrected chi connectivity index (χ3v) is 3.72. The van der Waals surface area contributed by atoms with Gasteiger partial charge in [0, 0.05) is 30.7 Å². The molecule has 3 heterocycles. The number of pyridine rings is 2. The van der Waals surface area contributed by atoms with Gasteiger partial charge in [0.05, 0.1) is 12.6 Å². The Morgan fingerprint density at radius 1 is 1.14 bits per heavy atom. The number of carbonyl (C=O) groups is 2. The molecule has 0 saturated heterocycles. The molecule has 3 rings (SSSR count). The topological polar surface area (TPSA) is 97.6 Å². The molecular weight excluding hydrogens is 358 g/mol. The number of nitrogens with zero attached hydrogens (tertiary/aromatic N) is 3. The van der Waals surface area contributed by atoms with Crippen molar-refractivity contribution in [3.8, 4) is 11.1 Å². The molecule has 0 aromatic carbocycles. The van der Waals surface area contributed by atoms with E-state index in [1.807, 2.05) is 34.9 Å². The first kappa shape index (κ1) is 19.3. The summed E-state index contributed by atoms with van der Waals surface area (Å²) in [7, 11) is 0. The fourth-order valence-corrected chi connectivity index (χ4v) is 2.59. The number of carbonyl (C=O) groups excluding carboxylic acids is 2. The van der Waals surface area contributed by atoms with E-state index in [1.54, 1.807) is 39.4 Å². The van der Waals surface area contributed by atoms with Gasteiger partial charge in [0.25, 0.3) is 0 Å². The van der Waals surface area contributed by atoms with Crippen LogP contribution in [0.4, 0.5) is 10.6 Å². The van der Waals surface area contributed by atoms with Gasteiger partial charge < -0.3 is 14.5 Å². The summed E-state index contributed by atoms with van der Waals surface area (Å²) in [6.07, 6.45) is 7.26. The van der Waals surface area contributed by atoms with Crippen molar-refractivity contribution in [2.75, 3.05) is 11.9 Å². The van der Waals surface area contributed by atoms with E-state index in [9.17, 15) is 9.59 Å². The fourth-order valence-electron chi connectivity index (χ4n) is 2.59. The monoisotopic (exact) mass is 381 g/mol. The van der Waals surface area contributed by atoms with Gasteiger partial charge in [0.15, 0.2) is 5.82 Å². The van der Waals surface area contributed by atoms with Gasteiger partial charge in [-0.25, -0.2) is 9.78 Å². The highest BCUT2D eigenvalue weighted by molar-refractivity contribution is 5.88. The van der Waals surface area contributed by atoms with Crippen LogP contribution in [0.3, 0.4) is 0 Å². The van der Waals surface area contributed by atoms with Crippen LogP contribution >= 0.6 is 0 Å². The minimum Gasteiger partial charge on any atom is -0.460 e. The second kappa shape index (κ2) is 8.08. The Bertz CT molecular complexity index is 976. The SMILES string of the molecule is CC(C)(C)OC(=O)CCNC(=O)Nc1cn2cc(-c3cccnc3)ccc2n1. The highest BCUT2D eigenvalue weighted by Gasteiger charge is 2.16. The summed E-state index contributed by atoms with van der Waals surface area (Å²) < 4.78 is 7.03. The molecule has 8 nitrogen and oxygen atoms in total. The molecule has 0 radical (unpaired) electrons. The van der Waals surface area contributed by atoms with E-state index >= 15 is 0 Å². The lowest BCUT2D eigenvalue weighted by Gasteiger charge is -2.19. The molecule has 0 spiro atoms. The summed E-state index contributed by atoms with van der Waals surface area (Å²) in [4.78, 5) is 32.1. The van der Waals surface area contributed by atoms with E-state index in [2.05, 4.69) is 20.6 Å². The number of nitrogens with one attached hydrogen (secondary N) is 2. The number of fused-ring (bicyclic) bond motifs is 1. The summed E-state index contributed by atoms with van der Waals surface area (Å²) in [5.41, 5.74) is 2.15. The summed E-state index contributed by atoms with van der Waals surface area (Å²) in [5, 5.41) is 5.29. The molecular formula is C20H23N5O3. The van der Waals surface area contributed by atoms with Gasteiger partial charge in [-0.3, -0.25) is 15.1 Å². The van der Waals surface area contributed by atoms with E-state index in [0.717, 1.165) is 11.1 Å². The van der Waals surface area contributed by atoms with Crippen LogP contribution in [-0.4, -0.2) is 38.5 Å². The number of esters is 1. The number of rotatable bonds is 5. The fraction of sp³-hybridized carbons (Fsp3) is 0.300. The highest BCUT2D eigenvalue weighted by atomic mass is 16.6. The van der Waals surface area contributed by atoms with Gasteiger partial charge in [-0.05, 0) is 44.5 Å². The lowest BCUT2D eigenvalue weighted by molar-refractivity contribution is -0.154. The van der Waals surface area contributed by atoms with Crippen LogP contribution in [-0.2, 0) is 9.53 Å². The first-order chi connectivity index (χ1) is 13.3. The van der Waals surface area contributed by atoms with Crippen molar-refractivity contribution in [3.63, 3.8) is 0 Å². The maximum atomic E-state index is 12.0. The van der Waals surface area contributed by atoms with Crippen molar-refractivity contribution in [2.45, 2.75) is 32.8 Å². The molecule has 0 aliphatic rings. The van der Waals surface area contributed by atoms with Gasteiger partial charge in [0.1, 0.15) is 11.2 Å². The van der Waals surface area contributed by atoms with Crippen molar-refractivity contribution in [2.24, 2.45) is 0 Å². The van der Waals surface area contributed by atoms with Gasteiger partial charge in [-0.2, -0.15) is 0 Å². The van der Waals surface area contributed by atoms with Crippen molar-refractivity contribution < 1.29 is 14.3 Å². The summed E-state index contributed by atoms with van der Waals surface area (Å²) in [5.74, 6) is 0.0570. The second-order valence-corrected chi connectivity index (χ2v) is 7.27. The molecule has 146 valence electrons. The minimum absolute atomic E-state index is 0.102. The second-order valence-electron chi connectivity index (χ2n) is 7.27. The number of anilines is 1. The summed E-state index contributed by atoms with van der Waals surface area (Å²) in [6, 6.07) is 7.24. The molecule has 0 unspecified atom stereocenters. The van der Waals surface area contributed by atoms with Crippen molar-refractivity contribution >= 4 is 23.5 Å². The first-order valence-corrected chi connectivity index (χ1v) is 8.96. The van der Waals surface area contributed by atoms with Crippen LogP contribution < -0.4 is 10.6 Å². The van der Waals surface area contributed by atoms with E-state index in [1.165, 1.54) is 0 Å². The van der Waals surface area contributed by atoms with E-state index < -0.39 is 11.6 Å². The number of urea groups is 1. The molecule has 3 aromatic heterocycles. The number of ether oxygens (including phenoxy) is 1. The van der Waals surface area contributed by atoms with Crippen LogP contribution in [0, 0.1) is 0 Å². The Morgan fingerprint density at radius 2 is 1.96 bits per heavy atom. The van der Waals surface area contributed by atoms with Gasteiger partial charge >= 0.3 is 12.0 Å². The van der Waals surface area contributed by atoms with E-state index in [-0.39, 0.29) is 18.9 Å². The van der Waals surface area contributed by atoms with Gasteiger partial charge in [-0.15, -0.1) is 0 Å². The molecule has 0 bridgehead atoms. The lowest BCUT2D eigenvalue weighted by Crippen LogP contribution is -2.32. The van der Waals surface area contributed by atoms with Gasteiger partial charge in [0.2, 0.25) is 0 Å². The zero-order valence-corrected chi connectivity index (χ0v) is 16.1. The largest absolute Gasteiger partial charge is 0.460 e. The number of amides is 2. The Balaban J connectivity index is 1.57. The van der Waals surface area contributed by atoms with Crippen LogP contribution in [0.1, 0.15) is 27.2 Å². The van der Waals surface area contributed by atoms with Crippen LogP contribution in [0.2, 0.25) is 0 Å². The third-order valence-electron chi connectivity index (χ3n) is 3.72. The minimum atomic E-state index is -0.537. The molecule has 0 aliphatic heterocycles. The smallest absolute Gasteiger partial charge is 0.320 e. The maximum Gasteiger partial charge on any atom is 0.320 e. The van der Waals surface area contributed by atoms with Crippen LogP contribution in [0.5, 0.6) is 0 Å². The maximum absolute atomic E-state index is 12.0. The molecule has 0 atom stereocenters. The Hall–Kier alpha value is -3.42. The quantitative estimate of drug-likeness (QED) is 0.661. The van der Waals surface area contributed by atoms with Crippen molar-refractivity contribution in [1.82, 2.24) is 19.7 Å². The molecule has 2 N–H and O–H groups in total. The number of hydrogen-bond acceptors (Lipinski definition) is 5. The summed E-state index contributed by atoms with van der Waals surface area (Å²) >= 11 is 0. The van der Waals surface area contributed by atoms with Gasteiger partial charge in [-0.1, -0.05) is 6.07 Å². The number of imidazole rings is 1. The van der Waals surface area contributed by atoms with E-state index in [0.29, 0.717) is 11.5 Å². The normalized spacial score (nSPS) is 11.2. The first-order valence-electron chi connectivity index (χ1n) is 8.96. The van der Waals surface area contributed by atoms with Crippen LogP contribution in [0.15, 0.2) is 49.1 Å². The Kier molecular flexibility index (Phi) is 5.58. The average molecular weight is 381 g/mol. The molecule has 8 heteroatoms. The summed E-state index contributed by atoms with van der Waals surface area (Å²) in [6.45, 7) is 5.58. The molecule has 0 aliphatic carbocycles. The molecule has 3 aromatic rings. The molecule has 0 saturated carbocycles. The Morgan fingerprint density at radius 3 is 2.68 bits per heavy atom. The average Bonchev–Trinajstić information content (AvgIpc) is 3.02. The predicted molar refractivity (Wildman–Crippen MR) is 106 cm³/mol. The molecule has 0 fully saturated rings. The van der Waals surface area contributed by atoms with Crippen molar-refractivity contribution in [3.05, 3.63) is 49.1 Å². The standard InChI is InChI=1S/C20H23N5O3/c1-20(2,3)28-18(26)8-10-22-19(27)24-16-13-25-12-15(6-7-17(25)23-16)14-5-4-9-21-11-14/h4-7,9,11-13H,8,10H2,1-3H3,(H2,22,24,27).